The van der Waals surface area contributed by atoms with Crippen LogP contribution in [0.3, 0.4) is 0 Å². The first-order valence-electron chi connectivity index (χ1n) is 10.5. The maximum absolute atomic E-state index is 12.5. The second-order valence-corrected chi connectivity index (χ2v) is 8.31. The summed E-state index contributed by atoms with van der Waals surface area (Å²) in [6.07, 6.45) is 0.937. The van der Waals surface area contributed by atoms with E-state index in [2.05, 4.69) is 10.1 Å². The van der Waals surface area contributed by atoms with Gasteiger partial charge in [-0.15, -0.1) is 0 Å². The van der Waals surface area contributed by atoms with Crippen LogP contribution in [0.1, 0.15) is 46.4 Å². The first-order chi connectivity index (χ1) is 14.8. The average Bonchev–Trinajstić information content (AvgIpc) is 3.20. The number of hydrogen-bond donors (Lipinski definition) is 0. The topological polar surface area (TPSA) is 104 Å². The summed E-state index contributed by atoms with van der Waals surface area (Å²) in [7, 11) is 0. The lowest BCUT2D eigenvalue weighted by molar-refractivity contribution is -0.152. The van der Waals surface area contributed by atoms with Crippen LogP contribution in [0.4, 0.5) is 4.79 Å². The molecule has 0 aliphatic carbocycles. The smallest absolute Gasteiger partial charge is 0.410 e. The summed E-state index contributed by atoms with van der Waals surface area (Å²) in [4.78, 5) is 30.7. The number of para-hydroxylation sites is 1. The highest BCUT2D eigenvalue weighted by molar-refractivity contribution is 5.75. The van der Waals surface area contributed by atoms with Gasteiger partial charge in [-0.1, -0.05) is 17.3 Å². The number of carbonyl (C=O) groups excluding carboxylic acids is 2. The van der Waals surface area contributed by atoms with E-state index in [4.69, 9.17) is 18.7 Å². The standard InChI is InChI=1S/C22H29N3O6/c1-5-28-17-11-7-6-10-16(17)19-23-18(31-24-19)14-29-20(26)15-9-8-12-25(13-15)21(27)30-22(2,3)4/h6-7,10-11,15H,5,8-9,12-14H2,1-4H3. The molecule has 1 aromatic carbocycles. The average molecular weight is 431 g/mol. The zero-order chi connectivity index (χ0) is 22.4. The van der Waals surface area contributed by atoms with Crippen LogP contribution in [-0.2, 0) is 20.9 Å². The zero-order valence-electron chi connectivity index (χ0n) is 18.4. The van der Waals surface area contributed by atoms with Crippen LogP contribution in [0, 0.1) is 5.92 Å². The van der Waals surface area contributed by atoms with Gasteiger partial charge in [0.1, 0.15) is 11.4 Å². The Hall–Kier alpha value is -3.10. The molecule has 3 rings (SSSR count). The highest BCUT2D eigenvalue weighted by atomic mass is 16.6. The summed E-state index contributed by atoms with van der Waals surface area (Å²) in [5.41, 5.74) is 0.118. The van der Waals surface area contributed by atoms with Crippen LogP contribution in [0.5, 0.6) is 5.75 Å². The minimum Gasteiger partial charge on any atom is -0.493 e. The number of benzene rings is 1. The first kappa shape index (κ1) is 22.6. The zero-order valence-corrected chi connectivity index (χ0v) is 18.4. The fourth-order valence-electron chi connectivity index (χ4n) is 3.27. The van der Waals surface area contributed by atoms with Gasteiger partial charge in [-0.25, -0.2) is 4.79 Å². The Labute approximate surface area is 181 Å². The molecule has 1 atom stereocenters. The van der Waals surface area contributed by atoms with Crippen LogP contribution in [0.2, 0.25) is 0 Å². The Balaban J connectivity index is 1.56. The summed E-state index contributed by atoms with van der Waals surface area (Å²) >= 11 is 0. The van der Waals surface area contributed by atoms with E-state index in [0.717, 1.165) is 0 Å². The van der Waals surface area contributed by atoms with Gasteiger partial charge < -0.3 is 23.6 Å². The summed E-state index contributed by atoms with van der Waals surface area (Å²) in [6.45, 7) is 8.54. The van der Waals surface area contributed by atoms with Gasteiger partial charge in [-0.3, -0.25) is 4.79 Å². The molecule has 2 heterocycles. The number of aromatic nitrogens is 2. The number of esters is 1. The Bertz CT molecular complexity index is 905. The first-order valence-corrected chi connectivity index (χ1v) is 10.5. The molecule has 1 aromatic heterocycles. The number of amides is 1. The fraction of sp³-hybridized carbons (Fsp3) is 0.545. The molecule has 168 valence electrons. The normalized spacial score (nSPS) is 16.6. The van der Waals surface area contributed by atoms with Crippen molar-refractivity contribution < 1.29 is 28.3 Å². The molecular formula is C22H29N3O6. The quantitative estimate of drug-likeness (QED) is 0.636. The number of hydrogen-bond acceptors (Lipinski definition) is 8. The number of likely N-dealkylation sites (tertiary alicyclic amines) is 1. The van der Waals surface area contributed by atoms with Crippen LogP contribution in [-0.4, -0.2) is 52.4 Å². The molecule has 0 radical (unpaired) electrons. The van der Waals surface area contributed by atoms with Crippen molar-refractivity contribution in [1.29, 1.82) is 0 Å². The number of carbonyl (C=O) groups is 2. The maximum Gasteiger partial charge on any atom is 0.410 e. The number of nitrogens with zero attached hydrogens (tertiary/aromatic N) is 3. The van der Waals surface area contributed by atoms with Gasteiger partial charge in [-0.2, -0.15) is 4.98 Å². The van der Waals surface area contributed by atoms with E-state index in [9.17, 15) is 9.59 Å². The Morgan fingerprint density at radius 1 is 1.26 bits per heavy atom. The predicted octanol–water partition coefficient (Wildman–Crippen LogP) is 3.83. The third-order valence-corrected chi connectivity index (χ3v) is 4.64. The van der Waals surface area contributed by atoms with Gasteiger partial charge in [0.15, 0.2) is 6.61 Å². The highest BCUT2D eigenvalue weighted by Crippen LogP contribution is 2.28. The van der Waals surface area contributed by atoms with Gasteiger partial charge >= 0.3 is 12.1 Å². The van der Waals surface area contributed by atoms with Gasteiger partial charge in [0.2, 0.25) is 5.82 Å². The second kappa shape index (κ2) is 9.80. The van der Waals surface area contributed by atoms with Gasteiger partial charge in [-0.05, 0) is 52.7 Å². The molecule has 1 amide bonds. The van der Waals surface area contributed by atoms with Crippen molar-refractivity contribution in [2.75, 3.05) is 19.7 Å². The molecule has 9 heteroatoms. The second-order valence-electron chi connectivity index (χ2n) is 8.31. The van der Waals surface area contributed by atoms with Crippen LogP contribution >= 0.6 is 0 Å². The molecule has 0 saturated carbocycles. The van der Waals surface area contributed by atoms with Crippen molar-refractivity contribution in [3.63, 3.8) is 0 Å². The van der Waals surface area contributed by atoms with Crippen molar-refractivity contribution in [1.82, 2.24) is 15.0 Å². The number of rotatable bonds is 6. The highest BCUT2D eigenvalue weighted by Gasteiger charge is 2.32. The summed E-state index contributed by atoms with van der Waals surface area (Å²) in [5, 5.41) is 3.96. The monoisotopic (exact) mass is 431 g/mol. The van der Waals surface area contributed by atoms with Crippen LogP contribution in [0.15, 0.2) is 28.8 Å². The Morgan fingerprint density at radius 3 is 2.77 bits per heavy atom. The predicted molar refractivity (Wildman–Crippen MR) is 111 cm³/mol. The SMILES string of the molecule is CCOc1ccccc1-c1noc(COC(=O)C2CCCN(C(=O)OC(C)(C)C)C2)n1. The third kappa shape index (κ3) is 6.19. The lowest BCUT2D eigenvalue weighted by atomic mass is 9.98. The Kier molecular flexibility index (Phi) is 7.14. The number of piperidine rings is 1. The maximum atomic E-state index is 12.5. The third-order valence-electron chi connectivity index (χ3n) is 4.64. The van der Waals surface area contributed by atoms with E-state index in [0.29, 0.717) is 43.1 Å². The molecule has 1 unspecified atom stereocenters. The van der Waals surface area contributed by atoms with Crippen LogP contribution < -0.4 is 4.74 Å². The molecule has 0 bridgehead atoms. The van der Waals surface area contributed by atoms with Crippen LogP contribution in [0.25, 0.3) is 11.4 Å². The molecule has 31 heavy (non-hydrogen) atoms. The molecule has 1 aliphatic rings. The molecule has 2 aromatic rings. The van der Waals surface area contributed by atoms with Crippen molar-refractivity contribution >= 4 is 12.1 Å². The van der Waals surface area contributed by atoms with E-state index in [1.54, 1.807) is 4.90 Å². The molecule has 1 fully saturated rings. The lowest BCUT2D eigenvalue weighted by Crippen LogP contribution is -2.45. The van der Waals surface area contributed by atoms with E-state index >= 15 is 0 Å². The van der Waals surface area contributed by atoms with E-state index in [-0.39, 0.29) is 19.0 Å². The molecule has 1 saturated heterocycles. The molecule has 0 spiro atoms. The van der Waals surface area contributed by atoms with Crippen molar-refractivity contribution in [3.8, 4) is 17.1 Å². The van der Waals surface area contributed by atoms with Crippen molar-refractivity contribution in [3.05, 3.63) is 30.2 Å². The largest absolute Gasteiger partial charge is 0.493 e. The molecular weight excluding hydrogens is 402 g/mol. The van der Waals surface area contributed by atoms with E-state index < -0.39 is 23.6 Å². The summed E-state index contributed by atoms with van der Waals surface area (Å²) in [5.74, 6) is 0.391. The molecule has 1 aliphatic heterocycles. The summed E-state index contributed by atoms with van der Waals surface area (Å²) < 4.78 is 21.6. The van der Waals surface area contributed by atoms with Gasteiger partial charge in [0, 0.05) is 13.1 Å². The Morgan fingerprint density at radius 2 is 2.03 bits per heavy atom. The van der Waals surface area contributed by atoms with E-state index in [1.807, 2.05) is 52.0 Å². The molecule has 9 nitrogen and oxygen atoms in total. The van der Waals surface area contributed by atoms with Crippen molar-refractivity contribution in [2.45, 2.75) is 52.7 Å². The lowest BCUT2D eigenvalue weighted by Gasteiger charge is -2.33. The van der Waals surface area contributed by atoms with Gasteiger partial charge in [0.05, 0.1) is 18.1 Å². The van der Waals surface area contributed by atoms with Gasteiger partial charge in [0.25, 0.3) is 5.89 Å². The van der Waals surface area contributed by atoms with Crippen molar-refractivity contribution in [2.24, 2.45) is 5.92 Å². The van der Waals surface area contributed by atoms with E-state index in [1.165, 1.54) is 0 Å². The molecule has 0 N–H and O–H groups in total. The minimum atomic E-state index is -0.582. The fourth-order valence-corrected chi connectivity index (χ4v) is 3.27. The summed E-state index contributed by atoms with van der Waals surface area (Å²) in [6, 6.07) is 7.38. The minimum absolute atomic E-state index is 0.133. The number of ether oxygens (including phenoxy) is 3.